The average molecular weight is 399 g/mol. The Morgan fingerprint density at radius 1 is 1.48 bits per heavy atom. The van der Waals surface area contributed by atoms with Gasteiger partial charge >= 0.3 is 5.97 Å². The molecule has 0 aliphatic rings. The van der Waals surface area contributed by atoms with Gasteiger partial charge in [0.1, 0.15) is 10.3 Å². The lowest BCUT2D eigenvalue weighted by Gasteiger charge is -2.25. The minimum Gasteiger partial charge on any atom is -0.480 e. The molecule has 1 heterocycles. The van der Waals surface area contributed by atoms with Gasteiger partial charge in [-0.15, -0.1) is 11.3 Å². The van der Waals surface area contributed by atoms with E-state index in [1.807, 2.05) is 0 Å². The number of carboxylic acids is 1. The van der Waals surface area contributed by atoms with E-state index in [-0.39, 0.29) is 23.2 Å². The summed E-state index contributed by atoms with van der Waals surface area (Å²) in [6.07, 6.45) is 0. The van der Waals surface area contributed by atoms with Crippen molar-refractivity contribution in [1.82, 2.24) is 9.62 Å². The van der Waals surface area contributed by atoms with E-state index in [1.54, 1.807) is 6.07 Å². The lowest BCUT2D eigenvalue weighted by Crippen LogP contribution is -2.46. The molecule has 0 spiro atoms. The van der Waals surface area contributed by atoms with Gasteiger partial charge in [-0.3, -0.25) is 9.59 Å². The first-order chi connectivity index (χ1) is 9.66. The van der Waals surface area contributed by atoms with Crippen molar-refractivity contribution in [3.05, 3.63) is 15.9 Å². The zero-order valence-electron chi connectivity index (χ0n) is 11.4. The highest BCUT2D eigenvalue weighted by molar-refractivity contribution is 9.11. The predicted molar refractivity (Wildman–Crippen MR) is 81.7 cm³/mol. The van der Waals surface area contributed by atoms with Crippen LogP contribution < -0.4 is 5.32 Å². The Bertz CT molecular complexity index is 628. The minimum atomic E-state index is -3.93. The van der Waals surface area contributed by atoms with Crippen LogP contribution in [0.1, 0.15) is 13.8 Å². The van der Waals surface area contributed by atoms with Gasteiger partial charge in [0.25, 0.3) is 10.0 Å². The first kappa shape index (κ1) is 18.1. The van der Waals surface area contributed by atoms with Crippen molar-refractivity contribution in [2.45, 2.75) is 24.1 Å². The quantitative estimate of drug-likeness (QED) is 0.715. The zero-order valence-corrected chi connectivity index (χ0v) is 14.6. The molecular formula is C11H15BrN2O5S2. The molecule has 0 saturated heterocycles. The molecule has 1 amide bonds. The number of carbonyl (C=O) groups excluding carboxylic acids is 1. The fraction of sp³-hybridized carbons (Fsp3) is 0.455. The summed E-state index contributed by atoms with van der Waals surface area (Å²) in [6, 6.07) is 1.75. The Morgan fingerprint density at radius 2 is 2.10 bits per heavy atom. The Balaban J connectivity index is 3.04. The van der Waals surface area contributed by atoms with Crippen LogP contribution >= 0.6 is 27.3 Å². The summed E-state index contributed by atoms with van der Waals surface area (Å²) in [5, 5.41) is 11.5. The van der Waals surface area contributed by atoms with E-state index in [4.69, 9.17) is 5.11 Å². The van der Waals surface area contributed by atoms with E-state index in [1.165, 1.54) is 19.9 Å². The molecule has 1 atom stereocenters. The molecule has 7 nitrogen and oxygen atoms in total. The van der Waals surface area contributed by atoms with E-state index >= 15 is 0 Å². The molecule has 0 bridgehead atoms. The summed E-state index contributed by atoms with van der Waals surface area (Å²) < 4.78 is 26.6. The molecule has 0 aliphatic carbocycles. The first-order valence-electron chi connectivity index (χ1n) is 5.90. The van der Waals surface area contributed by atoms with Crippen molar-refractivity contribution in [3.63, 3.8) is 0 Å². The van der Waals surface area contributed by atoms with Crippen molar-refractivity contribution in [2.75, 3.05) is 13.1 Å². The van der Waals surface area contributed by atoms with E-state index in [0.717, 1.165) is 15.6 Å². The molecule has 2 N–H and O–H groups in total. The largest absolute Gasteiger partial charge is 0.480 e. The summed E-state index contributed by atoms with van der Waals surface area (Å²) in [6.45, 7) is 2.51. The lowest BCUT2D eigenvalue weighted by molar-refractivity contribution is -0.140. The van der Waals surface area contributed by atoms with Crippen molar-refractivity contribution in [3.8, 4) is 0 Å². The summed E-state index contributed by atoms with van der Waals surface area (Å²) >= 11 is 4.17. The van der Waals surface area contributed by atoms with E-state index in [9.17, 15) is 18.0 Å². The van der Waals surface area contributed by atoms with Crippen molar-refractivity contribution < 1.29 is 23.1 Å². The third-order valence-electron chi connectivity index (χ3n) is 2.61. The maximum Gasteiger partial charge on any atom is 0.321 e. The second-order valence-electron chi connectivity index (χ2n) is 4.17. The van der Waals surface area contributed by atoms with Gasteiger partial charge in [0.2, 0.25) is 5.91 Å². The number of hydrogen-bond acceptors (Lipinski definition) is 5. The molecular weight excluding hydrogens is 384 g/mol. The van der Waals surface area contributed by atoms with Crippen LogP contribution in [-0.4, -0.2) is 48.8 Å². The summed E-state index contributed by atoms with van der Waals surface area (Å²) in [4.78, 5) is 22.0. The monoisotopic (exact) mass is 398 g/mol. The zero-order chi connectivity index (χ0) is 16.2. The Morgan fingerprint density at radius 3 is 2.52 bits per heavy atom. The number of halogens is 1. The molecule has 1 unspecified atom stereocenters. The normalized spacial score (nSPS) is 13.1. The molecule has 1 aromatic rings. The molecule has 1 aromatic heterocycles. The number of aliphatic carboxylic acids is 1. The van der Waals surface area contributed by atoms with Crippen LogP contribution in [0.5, 0.6) is 0 Å². The lowest BCUT2D eigenvalue weighted by atomic mass is 10.3. The highest BCUT2D eigenvalue weighted by Gasteiger charge is 2.33. The van der Waals surface area contributed by atoms with Crippen molar-refractivity contribution >= 4 is 49.2 Å². The van der Waals surface area contributed by atoms with Crippen LogP contribution in [0.3, 0.4) is 0 Å². The number of nitrogens with zero attached hydrogens (tertiary/aromatic N) is 1. The Hall–Kier alpha value is -0.970. The second kappa shape index (κ2) is 7.34. The number of sulfonamides is 1. The van der Waals surface area contributed by atoms with Gasteiger partial charge < -0.3 is 10.4 Å². The standard InChI is InChI=1S/C11H15BrN2O5S2/c1-7(11(16)17)14(6-5-13-8(2)15)21(18,19)10-4-3-9(12)20-10/h3-4,7H,5-6H2,1-2H3,(H,13,15)(H,16,17). The summed E-state index contributed by atoms with van der Waals surface area (Å²) in [5.41, 5.74) is 0. The molecule has 118 valence electrons. The number of thiophene rings is 1. The van der Waals surface area contributed by atoms with Gasteiger partial charge in [-0.1, -0.05) is 0 Å². The number of amides is 1. The molecule has 0 saturated carbocycles. The van der Waals surface area contributed by atoms with E-state index in [2.05, 4.69) is 21.2 Å². The number of rotatable bonds is 7. The maximum atomic E-state index is 12.5. The number of nitrogens with one attached hydrogen (secondary N) is 1. The average Bonchev–Trinajstić information content (AvgIpc) is 2.80. The minimum absolute atomic E-state index is 0.0404. The Labute approximate surface area is 135 Å². The van der Waals surface area contributed by atoms with Crippen LogP contribution in [0.25, 0.3) is 0 Å². The van der Waals surface area contributed by atoms with Crippen molar-refractivity contribution in [2.24, 2.45) is 0 Å². The summed E-state index contributed by atoms with van der Waals surface area (Å²) in [5.74, 6) is -1.56. The second-order valence-corrected chi connectivity index (χ2v) is 8.75. The topological polar surface area (TPSA) is 104 Å². The molecule has 0 aliphatic heterocycles. The number of hydrogen-bond donors (Lipinski definition) is 2. The third kappa shape index (κ3) is 4.77. The van der Waals surface area contributed by atoms with Gasteiger partial charge in [0, 0.05) is 20.0 Å². The maximum absolute atomic E-state index is 12.5. The van der Waals surface area contributed by atoms with E-state index in [0.29, 0.717) is 3.79 Å². The molecule has 0 aromatic carbocycles. The number of carboxylic acid groups (broad SMARTS) is 1. The van der Waals surface area contributed by atoms with Crippen molar-refractivity contribution in [1.29, 1.82) is 0 Å². The van der Waals surface area contributed by atoms with E-state index < -0.39 is 22.0 Å². The molecule has 10 heteroatoms. The highest BCUT2D eigenvalue weighted by Crippen LogP contribution is 2.29. The van der Waals surface area contributed by atoms with Gasteiger partial charge in [0.05, 0.1) is 3.79 Å². The van der Waals surface area contributed by atoms with Gasteiger partial charge in [0.15, 0.2) is 0 Å². The third-order valence-corrected chi connectivity index (χ3v) is 6.67. The van der Waals surface area contributed by atoms with Gasteiger partial charge in [-0.25, -0.2) is 8.42 Å². The van der Waals surface area contributed by atoms with Gasteiger partial charge in [-0.05, 0) is 35.0 Å². The fourth-order valence-electron chi connectivity index (χ4n) is 1.54. The number of carbonyl (C=O) groups is 2. The SMILES string of the molecule is CC(=O)NCCN(C(C)C(=O)O)S(=O)(=O)c1ccc(Br)s1. The molecule has 0 fully saturated rings. The molecule has 1 rings (SSSR count). The van der Waals surface area contributed by atoms with Gasteiger partial charge in [-0.2, -0.15) is 4.31 Å². The van der Waals surface area contributed by atoms with Crippen LogP contribution in [0, 0.1) is 0 Å². The van der Waals surface area contributed by atoms with Crippen LogP contribution in [0.2, 0.25) is 0 Å². The molecule has 21 heavy (non-hydrogen) atoms. The Kier molecular flexibility index (Phi) is 6.32. The van der Waals surface area contributed by atoms with Crippen LogP contribution in [0.4, 0.5) is 0 Å². The fourth-order valence-corrected chi connectivity index (χ4v) is 5.27. The highest BCUT2D eigenvalue weighted by atomic mass is 79.9. The van der Waals surface area contributed by atoms with Crippen LogP contribution in [-0.2, 0) is 19.6 Å². The summed E-state index contributed by atoms with van der Waals surface area (Å²) in [7, 11) is -3.93. The smallest absolute Gasteiger partial charge is 0.321 e. The molecule has 0 radical (unpaired) electrons. The van der Waals surface area contributed by atoms with Crippen LogP contribution in [0.15, 0.2) is 20.1 Å². The predicted octanol–water partition coefficient (Wildman–Crippen LogP) is 1.11. The first-order valence-corrected chi connectivity index (χ1v) is 8.95.